The minimum atomic E-state index is 0.806. The summed E-state index contributed by atoms with van der Waals surface area (Å²) in [7, 11) is 0. The lowest BCUT2D eigenvalue weighted by Crippen LogP contribution is -2.01. The molecular formula is C11H25NO. The number of unbranched alkanes of at least 4 members (excludes halogenated alkanes) is 2. The lowest BCUT2D eigenvalue weighted by molar-refractivity contribution is 0.124. The maximum Gasteiger partial charge on any atom is 0.0466 e. The number of nitrogens with two attached hydrogens (primary N) is 1. The second-order valence-corrected chi connectivity index (χ2v) is 4.00. The molecule has 0 radical (unpaired) electrons. The largest absolute Gasteiger partial charge is 0.381 e. The minimum Gasteiger partial charge on any atom is -0.381 e. The van der Waals surface area contributed by atoms with Crippen molar-refractivity contribution in [3.63, 3.8) is 0 Å². The van der Waals surface area contributed by atoms with Crippen LogP contribution >= 0.6 is 0 Å². The molecule has 0 saturated carbocycles. The average molecular weight is 187 g/mol. The Kier molecular flexibility index (Phi) is 9.94. The van der Waals surface area contributed by atoms with E-state index in [0.29, 0.717) is 0 Å². The Hall–Kier alpha value is -0.0800. The van der Waals surface area contributed by atoms with Crippen LogP contribution in [0.5, 0.6) is 0 Å². The van der Waals surface area contributed by atoms with E-state index in [9.17, 15) is 0 Å². The van der Waals surface area contributed by atoms with Crippen molar-refractivity contribution in [1.82, 2.24) is 0 Å². The number of hydrogen-bond acceptors (Lipinski definition) is 2. The highest BCUT2D eigenvalue weighted by Crippen LogP contribution is 2.03. The van der Waals surface area contributed by atoms with Crippen molar-refractivity contribution in [2.24, 2.45) is 11.7 Å². The topological polar surface area (TPSA) is 35.2 Å². The van der Waals surface area contributed by atoms with Gasteiger partial charge < -0.3 is 10.5 Å². The molecule has 13 heavy (non-hydrogen) atoms. The summed E-state index contributed by atoms with van der Waals surface area (Å²) in [6, 6.07) is 0. The second-order valence-electron chi connectivity index (χ2n) is 4.00. The predicted octanol–water partition coefficient (Wildman–Crippen LogP) is 2.57. The monoisotopic (exact) mass is 187 g/mol. The summed E-state index contributed by atoms with van der Waals surface area (Å²) in [6.45, 7) is 7.16. The maximum absolute atomic E-state index is 5.49. The third-order valence-electron chi connectivity index (χ3n) is 2.06. The van der Waals surface area contributed by atoms with Crippen molar-refractivity contribution in [3.05, 3.63) is 0 Å². The summed E-state index contributed by atoms with van der Waals surface area (Å²) in [5.74, 6) is 0.806. The predicted molar refractivity (Wildman–Crippen MR) is 57.8 cm³/mol. The summed E-state index contributed by atoms with van der Waals surface area (Å²) in [4.78, 5) is 0. The summed E-state index contributed by atoms with van der Waals surface area (Å²) in [5.41, 5.74) is 5.38. The molecule has 0 atom stereocenters. The quantitative estimate of drug-likeness (QED) is 0.563. The van der Waals surface area contributed by atoms with Gasteiger partial charge in [-0.15, -0.1) is 0 Å². The van der Waals surface area contributed by atoms with Gasteiger partial charge in [-0.2, -0.15) is 0 Å². The Morgan fingerprint density at radius 3 is 2.31 bits per heavy atom. The lowest BCUT2D eigenvalue weighted by Gasteiger charge is -2.05. The van der Waals surface area contributed by atoms with Crippen LogP contribution in [0.25, 0.3) is 0 Å². The Morgan fingerprint density at radius 1 is 1.00 bits per heavy atom. The van der Waals surface area contributed by atoms with Crippen molar-refractivity contribution in [1.29, 1.82) is 0 Å². The molecule has 0 rings (SSSR count). The molecule has 2 N–H and O–H groups in total. The van der Waals surface area contributed by atoms with Crippen LogP contribution in [0.4, 0.5) is 0 Å². The molecule has 0 saturated heterocycles. The molecule has 0 aromatic carbocycles. The van der Waals surface area contributed by atoms with Gasteiger partial charge in [-0.25, -0.2) is 0 Å². The van der Waals surface area contributed by atoms with Gasteiger partial charge in [0, 0.05) is 13.2 Å². The van der Waals surface area contributed by atoms with Gasteiger partial charge in [0.25, 0.3) is 0 Å². The van der Waals surface area contributed by atoms with Gasteiger partial charge in [0.2, 0.25) is 0 Å². The molecule has 0 aromatic heterocycles. The van der Waals surface area contributed by atoms with Gasteiger partial charge in [0.15, 0.2) is 0 Å². The third-order valence-corrected chi connectivity index (χ3v) is 2.06. The fourth-order valence-corrected chi connectivity index (χ4v) is 1.22. The highest BCUT2D eigenvalue weighted by atomic mass is 16.5. The zero-order valence-electron chi connectivity index (χ0n) is 9.22. The van der Waals surface area contributed by atoms with Gasteiger partial charge in [-0.05, 0) is 44.6 Å². The Balaban J connectivity index is 2.84. The van der Waals surface area contributed by atoms with E-state index < -0.39 is 0 Å². The SMILES string of the molecule is CC(C)CCCOCCCCCN. The van der Waals surface area contributed by atoms with Crippen LogP contribution in [0.15, 0.2) is 0 Å². The Morgan fingerprint density at radius 2 is 1.69 bits per heavy atom. The molecule has 0 aliphatic carbocycles. The summed E-state index contributed by atoms with van der Waals surface area (Å²) in [6.07, 6.45) is 5.99. The molecule has 2 nitrogen and oxygen atoms in total. The van der Waals surface area contributed by atoms with Crippen LogP contribution in [-0.2, 0) is 4.74 Å². The van der Waals surface area contributed by atoms with Gasteiger partial charge in [0.1, 0.15) is 0 Å². The highest BCUT2D eigenvalue weighted by Gasteiger charge is 1.94. The number of hydrogen-bond donors (Lipinski definition) is 1. The Labute approximate surface area is 82.8 Å². The fourth-order valence-electron chi connectivity index (χ4n) is 1.22. The van der Waals surface area contributed by atoms with E-state index >= 15 is 0 Å². The zero-order chi connectivity index (χ0) is 9.94. The van der Waals surface area contributed by atoms with E-state index in [-0.39, 0.29) is 0 Å². The zero-order valence-corrected chi connectivity index (χ0v) is 9.22. The molecule has 0 aromatic rings. The van der Waals surface area contributed by atoms with E-state index in [4.69, 9.17) is 10.5 Å². The average Bonchev–Trinajstić information content (AvgIpc) is 2.09. The third kappa shape index (κ3) is 11.9. The molecule has 0 heterocycles. The van der Waals surface area contributed by atoms with Crippen molar-refractivity contribution >= 4 is 0 Å². The summed E-state index contributed by atoms with van der Waals surface area (Å²) < 4.78 is 5.49. The van der Waals surface area contributed by atoms with E-state index in [1.807, 2.05) is 0 Å². The molecule has 80 valence electrons. The standard InChI is InChI=1S/C11H25NO/c1-11(2)7-6-10-13-9-5-3-4-8-12/h11H,3-10,12H2,1-2H3. The first-order valence-corrected chi connectivity index (χ1v) is 5.55. The van der Waals surface area contributed by atoms with Gasteiger partial charge in [-0.1, -0.05) is 13.8 Å². The van der Waals surface area contributed by atoms with Crippen LogP contribution in [0.2, 0.25) is 0 Å². The lowest BCUT2D eigenvalue weighted by atomic mass is 10.1. The van der Waals surface area contributed by atoms with E-state index in [0.717, 1.165) is 32.1 Å². The smallest absolute Gasteiger partial charge is 0.0466 e. The van der Waals surface area contributed by atoms with Crippen molar-refractivity contribution < 1.29 is 4.74 Å². The van der Waals surface area contributed by atoms with Crippen LogP contribution in [-0.4, -0.2) is 19.8 Å². The second kappa shape index (κ2) is 10.0. The van der Waals surface area contributed by atoms with Crippen LogP contribution in [0.3, 0.4) is 0 Å². The number of ether oxygens (including phenoxy) is 1. The maximum atomic E-state index is 5.49. The van der Waals surface area contributed by atoms with E-state index in [1.54, 1.807) is 0 Å². The molecule has 0 aliphatic heterocycles. The molecule has 2 heteroatoms. The van der Waals surface area contributed by atoms with Crippen LogP contribution in [0.1, 0.15) is 46.0 Å². The molecule has 0 aliphatic rings. The molecule has 0 unspecified atom stereocenters. The molecule has 0 fully saturated rings. The first-order valence-electron chi connectivity index (χ1n) is 5.55. The summed E-state index contributed by atoms with van der Waals surface area (Å²) >= 11 is 0. The van der Waals surface area contributed by atoms with Crippen molar-refractivity contribution in [2.45, 2.75) is 46.0 Å². The van der Waals surface area contributed by atoms with Crippen LogP contribution < -0.4 is 5.73 Å². The molecule has 0 spiro atoms. The first-order chi connectivity index (χ1) is 6.27. The van der Waals surface area contributed by atoms with E-state index in [1.165, 1.54) is 25.7 Å². The molecule has 0 amide bonds. The van der Waals surface area contributed by atoms with Crippen LogP contribution in [0, 0.1) is 5.92 Å². The van der Waals surface area contributed by atoms with Gasteiger partial charge >= 0.3 is 0 Å². The molecule has 0 bridgehead atoms. The van der Waals surface area contributed by atoms with E-state index in [2.05, 4.69) is 13.8 Å². The fraction of sp³-hybridized carbons (Fsp3) is 1.00. The van der Waals surface area contributed by atoms with Gasteiger partial charge in [-0.3, -0.25) is 0 Å². The Bertz CT molecular complexity index is 94.1. The molecular weight excluding hydrogens is 162 g/mol. The minimum absolute atomic E-state index is 0.806. The van der Waals surface area contributed by atoms with Crippen molar-refractivity contribution in [2.75, 3.05) is 19.8 Å². The first kappa shape index (κ1) is 12.9. The normalized spacial score (nSPS) is 11.1. The van der Waals surface area contributed by atoms with Gasteiger partial charge in [0.05, 0.1) is 0 Å². The van der Waals surface area contributed by atoms with Crippen molar-refractivity contribution in [3.8, 4) is 0 Å². The highest BCUT2D eigenvalue weighted by molar-refractivity contribution is 4.45. The summed E-state index contributed by atoms with van der Waals surface area (Å²) in [5, 5.41) is 0. The number of rotatable bonds is 9.